The van der Waals surface area contributed by atoms with Gasteiger partial charge in [0.15, 0.2) is 5.75 Å². The van der Waals surface area contributed by atoms with Crippen molar-refractivity contribution in [2.45, 2.75) is 11.3 Å². The third-order valence-electron chi connectivity index (χ3n) is 1.74. The van der Waals surface area contributed by atoms with Crippen molar-refractivity contribution in [3.63, 3.8) is 0 Å². The Morgan fingerprint density at radius 2 is 2.12 bits per heavy atom. The molecule has 1 aromatic heterocycles. The van der Waals surface area contributed by atoms with E-state index in [9.17, 15) is 22.3 Å². The molecule has 1 aromatic rings. The molecule has 1 heterocycles. The Labute approximate surface area is 89.7 Å². The first kappa shape index (κ1) is 12.6. The number of ether oxygens (including phenoxy) is 1. The molecule has 0 spiro atoms. The lowest BCUT2D eigenvalue weighted by Gasteiger charge is -2.10. The first-order valence-electron chi connectivity index (χ1n) is 3.85. The lowest BCUT2D eigenvalue weighted by molar-refractivity contribution is 0.142. The zero-order chi connectivity index (χ0) is 12.5. The summed E-state index contributed by atoms with van der Waals surface area (Å²) >= 11 is 0. The van der Waals surface area contributed by atoms with Crippen molar-refractivity contribution < 1.29 is 27.0 Å². The molecule has 0 aliphatic carbocycles. The van der Waals surface area contributed by atoms with Crippen LogP contribution in [0.25, 0.3) is 0 Å². The maximum Gasteiger partial charge on any atom is 0.268 e. The fraction of sp³-hybridized carbons (Fsp3) is 0.286. The number of aromatic nitrogens is 1. The number of hydrogen-bond acceptors (Lipinski definition) is 5. The normalized spacial score (nSPS) is 11.8. The highest BCUT2D eigenvalue weighted by Gasteiger charge is 2.27. The van der Waals surface area contributed by atoms with Crippen molar-refractivity contribution >= 4 is 10.0 Å². The average molecular weight is 254 g/mol. The number of sulfonamides is 1. The number of primary sulfonamides is 1. The summed E-state index contributed by atoms with van der Waals surface area (Å²) in [6.45, 7) is 0. The molecule has 0 unspecified atom stereocenters. The zero-order valence-corrected chi connectivity index (χ0v) is 8.83. The Hall–Kier alpha value is -1.48. The van der Waals surface area contributed by atoms with Gasteiger partial charge in [-0.15, -0.1) is 0 Å². The quantitative estimate of drug-likeness (QED) is 0.811. The summed E-state index contributed by atoms with van der Waals surface area (Å²) < 4.78 is 51.5. The minimum Gasteiger partial charge on any atom is -0.503 e. The van der Waals surface area contributed by atoms with Gasteiger partial charge >= 0.3 is 0 Å². The summed E-state index contributed by atoms with van der Waals surface area (Å²) in [7, 11) is -3.29. The first-order chi connectivity index (χ1) is 7.29. The topological polar surface area (TPSA) is 103 Å². The second kappa shape index (κ2) is 4.18. The van der Waals surface area contributed by atoms with Gasteiger partial charge in [0.25, 0.3) is 12.3 Å². The van der Waals surface area contributed by atoms with E-state index in [1.165, 1.54) is 0 Å². The minimum atomic E-state index is -4.38. The molecule has 0 atom stereocenters. The van der Waals surface area contributed by atoms with Crippen molar-refractivity contribution in [1.29, 1.82) is 0 Å². The van der Waals surface area contributed by atoms with E-state index in [4.69, 9.17) is 5.14 Å². The SMILES string of the molecule is COc1ncc(S(N)(=O)=O)c(C(F)F)c1O. The Morgan fingerprint density at radius 3 is 2.50 bits per heavy atom. The van der Waals surface area contributed by atoms with E-state index in [1.54, 1.807) is 0 Å². The Kier molecular flexibility index (Phi) is 3.29. The average Bonchev–Trinajstić information content (AvgIpc) is 2.15. The van der Waals surface area contributed by atoms with Gasteiger partial charge in [0, 0.05) is 0 Å². The second-order valence-electron chi connectivity index (χ2n) is 2.74. The van der Waals surface area contributed by atoms with Crippen LogP contribution in [0, 0.1) is 0 Å². The van der Waals surface area contributed by atoms with Crippen molar-refractivity contribution in [2.75, 3.05) is 7.11 Å². The molecule has 0 aliphatic heterocycles. The maximum absolute atomic E-state index is 12.6. The van der Waals surface area contributed by atoms with Crippen LogP contribution in [0.4, 0.5) is 8.78 Å². The van der Waals surface area contributed by atoms with E-state index >= 15 is 0 Å². The van der Waals surface area contributed by atoms with Gasteiger partial charge in [0.2, 0.25) is 10.0 Å². The van der Waals surface area contributed by atoms with Crippen molar-refractivity contribution in [1.82, 2.24) is 4.98 Å². The molecule has 90 valence electrons. The Morgan fingerprint density at radius 1 is 1.56 bits per heavy atom. The predicted octanol–water partition coefficient (Wildman–Crippen LogP) is 0.381. The summed E-state index contributed by atoms with van der Waals surface area (Å²) in [6, 6.07) is 0. The molecule has 0 radical (unpaired) electrons. The van der Waals surface area contributed by atoms with Gasteiger partial charge < -0.3 is 9.84 Å². The number of rotatable bonds is 3. The van der Waals surface area contributed by atoms with Crippen LogP contribution in [-0.2, 0) is 10.0 Å². The van der Waals surface area contributed by atoms with Crippen LogP contribution in [0.1, 0.15) is 12.0 Å². The van der Waals surface area contributed by atoms with Gasteiger partial charge in [-0.25, -0.2) is 27.3 Å². The summed E-state index contributed by atoms with van der Waals surface area (Å²) in [5.74, 6) is -1.54. The van der Waals surface area contributed by atoms with Crippen molar-refractivity contribution in [2.24, 2.45) is 5.14 Å². The van der Waals surface area contributed by atoms with Gasteiger partial charge in [-0.05, 0) is 0 Å². The van der Waals surface area contributed by atoms with Crippen LogP contribution in [0.3, 0.4) is 0 Å². The van der Waals surface area contributed by atoms with Gasteiger partial charge in [0.05, 0.1) is 18.9 Å². The number of hydrogen-bond donors (Lipinski definition) is 2. The Bertz CT molecular complexity index is 503. The number of methoxy groups -OCH3 is 1. The van der Waals surface area contributed by atoms with Gasteiger partial charge in [-0.2, -0.15) is 0 Å². The highest BCUT2D eigenvalue weighted by molar-refractivity contribution is 7.89. The molecule has 0 fully saturated rings. The van der Waals surface area contributed by atoms with Crippen molar-refractivity contribution in [3.05, 3.63) is 11.8 Å². The lowest BCUT2D eigenvalue weighted by atomic mass is 10.2. The Balaban J connectivity index is 3.60. The second-order valence-corrected chi connectivity index (χ2v) is 4.27. The molecule has 1 rings (SSSR count). The molecular formula is C7H8F2N2O4S. The predicted molar refractivity (Wildman–Crippen MR) is 48.8 cm³/mol. The minimum absolute atomic E-state index is 0.497. The highest BCUT2D eigenvalue weighted by atomic mass is 32.2. The molecule has 0 aromatic carbocycles. The van der Waals surface area contributed by atoms with Gasteiger partial charge in [-0.3, -0.25) is 0 Å². The molecule has 0 aliphatic rings. The zero-order valence-electron chi connectivity index (χ0n) is 8.02. The molecule has 3 N–H and O–H groups in total. The third kappa shape index (κ3) is 2.19. The third-order valence-corrected chi connectivity index (χ3v) is 2.68. The molecule has 0 bridgehead atoms. The van der Waals surface area contributed by atoms with E-state index in [0.717, 1.165) is 7.11 Å². The highest BCUT2D eigenvalue weighted by Crippen LogP contribution is 2.38. The standard InChI is InChI=1S/C7H8F2N2O4S/c1-15-7-5(12)4(6(8)9)3(2-11-7)16(10,13)14/h2,6,12H,1H3,(H2,10,13,14). The summed E-state index contributed by atoms with van der Waals surface area (Å²) in [4.78, 5) is 2.41. The first-order valence-corrected chi connectivity index (χ1v) is 5.40. The van der Waals surface area contributed by atoms with E-state index in [1.807, 2.05) is 0 Å². The number of aromatic hydroxyl groups is 1. The molecule has 0 amide bonds. The molecular weight excluding hydrogens is 246 g/mol. The van der Waals surface area contributed by atoms with Crippen LogP contribution in [0.15, 0.2) is 11.1 Å². The van der Waals surface area contributed by atoms with Crippen LogP contribution < -0.4 is 9.88 Å². The van der Waals surface area contributed by atoms with Crippen LogP contribution in [0.2, 0.25) is 0 Å². The number of nitrogens with zero attached hydrogens (tertiary/aromatic N) is 1. The monoisotopic (exact) mass is 254 g/mol. The number of alkyl halides is 2. The number of pyridine rings is 1. The summed E-state index contributed by atoms with van der Waals surface area (Å²) in [5.41, 5.74) is -1.12. The van der Waals surface area contributed by atoms with E-state index in [2.05, 4.69) is 9.72 Å². The van der Waals surface area contributed by atoms with Gasteiger partial charge in [0.1, 0.15) is 4.90 Å². The number of nitrogens with two attached hydrogens (primary N) is 1. The summed E-state index contributed by atoms with van der Waals surface area (Å²) in [5, 5.41) is 14.0. The molecule has 0 saturated heterocycles. The molecule has 16 heavy (non-hydrogen) atoms. The fourth-order valence-electron chi connectivity index (χ4n) is 1.07. The van der Waals surface area contributed by atoms with Gasteiger partial charge in [-0.1, -0.05) is 0 Å². The van der Waals surface area contributed by atoms with Crippen molar-refractivity contribution in [3.8, 4) is 11.6 Å². The molecule has 6 nitrogen and oxygen atoms in total. The van der Waals surface area contributed by atoms with E-state index in [-0.39, 0.29) is 0 Å². The van der Waals surface area contributed by atoms with Crippen LogP contribution in [-0.4, -0.2) is 25.6 Å². The number of halogens is 2. The molecule has 9 heteroatoms. The maximum atomic E-state index is 12.6. The molecule has 0 saturated carbocycles. The van der Waals surface area contributed by atoms with E-state index in [0.29, 0.717) is 6.20 Å². The summed E-state index contributed by atoms with van der Waals surface area (Å²) in [6.07, 6.45) is -2.61. The fourth-order valence-corrected chi connectivity index (χ4v) is 1.76. The van der Waals surface area contributed by atoms with E-state index < -0.39 is 38.5 Å². The van der Waals surface area contributed by atoms with Crippen LogP contribution in [0.5, 0.6) is 11.6 Å². The van der Waals surface area contributed by atoms with Crippen LogP contribution >= 0.6 is 0 Å². The lowest BCUT2D eigenvalue weighted by Crippen LogP contribution is -2.15. The largest absolute Gasteiger partial charge is 0.503 e. The smallest absolute Gasteiger partial charge is 0.268 e.